The average molecular weight is 190 g/mol. The Morgan fingerprint density at radius 2 is 1.29 bits per heavy atom. The van der Waals surface area contributed by atoms with Crippen LogP contribution in [0.25, 0.3) is 11.0 Å². The second-order valence-electron chi connectivity index (χ2n) is 3.80. The van der Waals surface area contributed by atoms with Gasteiger partial charge in [0.15, 0.2) is 0 Å². The average Bonchev–Trinajstić information content (AvgIpc) is 2.38. The molecule has 0 aliphatic heterocycles. The van der Waals surface area contributed by atoms with E-state index < -0.39 is 0 Å². The van der Waals surface area contributed by atoms with Crippen LogP contribution in [0.4, 0.5) is 0 Å². The smallest absolute Gasteiger partial charge is 0.295 e. The van der Waals surface area contributed by atoms with Gasteiger partial charge in [-0.1, -0.05) is 12.1 Å². The first kappa shape index (κ1) is 9.06. The molecule has 2 rings (SSSR count). The molecular weight excluding hydrogens is 176 g/mol. The van der Waals surface area contributed by atoms with Gasteiger partial charge in [0.05, 0.1) is 11.0 Å². The minimum absolute atomic E-state index is 0.0393. The van der Waals surface area contributed by atoms with Crippen molar-refractivity contribution in [3.63, 3.8) is 0 Å². The predicted molar refractivity (Wildman–Crippen MR) is 57.6 cm³/mol. The molecule has 1 heterocycles. The Morgan fingerprint density at radius 3 is 1.64 bits per heavy atom. The van der Waals surface area contributed by atoms with Crippen LogP contribution in [-0.4, -0.2) is 9.13 Å². The Labute approximate surface area is 82.6 Å². The lowest BCUT2D eigenvalue weighted by Gasteiger charge is -2.02. The van der Waals surface area contributed by atoms with E-state index in [9.17, 15) is 4.79 Å². The van der Waals surface area contributed by atoms with Gasteiger partial charge in [0.2, 0.25) is 0 Å². The van der Waals surface area contributed by atoms with Crippen molar-refractivity contribution in [2.45, 2.75) is 13.8 Å². The van der Waals surface area contributed by atoms with Gasteiger partial charge in [0.25, 0.3) is 0 Å². The fraction of sp³-hybridized carbons (Fsp3) is 0.364. The summed E-state index contributed by atoms with van der Waals surface area (Å²) in [4.78, 5) is 11.7. The molecule has 0 aliphatic carbocycles. The lowest BCUT2D eigenvalue weighted by molar-refractivity contribution is 0.793. The SMILES string of the molecule is Cc1ccc(C)c2c1n(C)c(=O)n2C. The first-order chi connectivity index (χ1) is 6.54. The Hall–Kier alpha value is -1.51. The molecule has 0 N–H and O–H groups in total. The summed E-state index contributed by atoms with van der Waals surface area (Å²) in [6.07, 6.45) is 0. The van der Waals surface area contributed by atoms with Gasteiger partial charge < -0.3 is 0 Å². The van der Waals surface area contributed by atoms with E-state index in [2.05, 4.69) is 12.1 Å². The fourth-order valence-electron chi connectivity index (χ4n) is 2.04. The zero-order chi connectivity index (χ0) is 10.5. The van der Waals surface area contributed by atoms with Crippen molar-refractivity contribution in [2.24, 2.45) is 14.1 Å². The number of aryl methyl sites for hydroxylation is 4. The summed E-state index contributed by atoms with van der Waals surface area (Å²) in [7, 11) is 3.63. The summed E-state index contributed by atoms with van der Waals surface area (Å²) >= 11 is 0. The number of fused-ring (bicyclic) bond motifs is 1. The molecule has 74 valence electrons. The first-order valence-electron chi connectivity index (χ1n) is 4.65. The summed E-state index contributed by atoms with van der Waals surface area (Å²) < 4.78 is 3.41. The van der Waals surface area contributed by atoms with Crippen LogP contribution in [0, 0.1) is 13.8 Å². The van der Waals surface area contributed by atoms with E-state index in [4.69, 9.17) is 0 Å². The van der Waals surface area contributed by atoms with E-state index >= 15 is 0 Å². The maximum Gasteiger partial charge on any atom is 0.328 e. The summed E-state index contributed by atoms with van der Waals surface area (Å²) in [5.74, 6) is 0. The Morgan fingerprint density at radius 1 is 0.929 bits per heavy atom. The van der Waals surface area contributed by atoms with Crippen molar-refractivity contribution < 1.29 is 0 Å². The molecule has 1 aromatic heterocycles. The normalized spacial score (nSPS) is 11.1. The molecule has 0 saturated heterocycles. The van der Waals surface area contributed by atoms with Crippen LogP contribution >= 0.6 is 0 Å². The lowest BCUT2D eigenvalue weighted by Crippen LogP contribution is -2.19. The maximum absolute atomic E-state index is 11.7. The highest BCUT2D eigenvalue weighted by Gasteiger charge is 2.11. The third-order valence-corrected chi connectivity index (χ3v) is 2.80. The molecule has 0 aliphatic rings. The number of hydrogen-bond donors (Lipinski definition) is 0. The van der Waals surface area contributed by atoms with Gasteiger partial charge >= 0.3 is 5.69 Å². The first-order valence-corrected chi connectivity index (χ1v) is 4.65. The zero-order valence-corrected chi connectivity index (χ0v) is 8.96. The topological polar surface area (TPSA) is 26.9 Å². The Bertz CT molecular complexity index is 513. The molecule has 0 radical (unpaired) electrons. The van der Waals surface area contributed by atoms with E-state index in [0.717, 1.165) is 22.2 Å². The van der Waals surface area contributed by atoms with Gasteiger partial charge in [-0.05, 0) is 25.0 Å². The Kier molecular flexibility index (Phi) is 1.77. The molecule has 1 aromatic carbocycles. The minimum atomic E-state index is 0.0393. The highest BCUT2D eigenvalue weighted by molar-refractivity contribution is 5.82. The summed E-state index contributed by atoms with van der Waals surface area (Å²) in [5, 5.41) is 0. The van der Waals surface area contributed by atoms with E-state index in [1.54, 1.807) is 9.13 Å². The molecule has 0 amide bonds. The summed E-state index contributed by atoms with van der Waals surface area (Å²) in [5.41, 5.74) is 4.41. The van der Waals surface area contributed by atoms with Gasteiger partial charge in [-0.3, -0.25) is 9.13 Å². The van der Waals surface area contributed by atoms with E-state index in [1.807, 2.05) is 27.9 Å². The largest absolute Gasteiger partial charge is 0.328 e. The molecule has 0 saturated carbocycles. The zero-order valence-electron chi connectivity index (χ0n) is 8.96. The summed E-state index contributed by atoms with van der Waals surface area (Å²) in [6.45, 7) is 4.06. The van der Waals surface area contributed by atoms with Crippen LogP contribution in [0.3, 0.4) is 0 Å². The molecule has 2 aromatic rings. The maximum atomic E-state index is 11.7. The van der Waals surface area contributed by atoms with Crippen molar-refractivity contribution in [3.8, 4) is 0 Å². The van der Waals surface area contributed by atoms with Gasteiger partial charge in [-0.2, -0.15) is 0 Å². The van der Waals surface area contributed by atoms with Crippen LogP contribution in [-0.2, 0) is 14.1 Å². The predicted octanol–water partition coefficient (Wildman–Crippen LogP) is 1.49. The standard InChI is InChI=1S/C11H14N2O/c1-7-5-6-8(2)10-9(7)12(3)11(14)13(10)4/h5-6H,1-4H3. The van der Waals surface area contributed by atoms with E-state index in [0.29, 0.717) is 0 Å². The molecule has 0 fully saturated rings. The van der Waals surface area contributed by atoms with E-state index in [1.165, 1.54) is 0 Å². The minimum Gasteiger partial charge on any atom is -0.295 e. The monoisotopic (exact) mass is 190 g/mol. The number of rotatable bonds is 0. The molecule has 0 unspecified atom stereocenters. The van der Waals surface area contributed by atoms with Crippen LogP contribution in [0.2, 0.25) is 0 Å². The van der Waals surface area contributed by atoms with Gasteiger partial charge in [-0.15, -0.1) is 0 Å². The van der Waals surface area contributed by atoms with Crippen molar-refractivity contribution in [1.82, 2.24) is 9.13 Å². The van der Waals surface area contributed by atoms with E-state index in [-0.39, 0.29) is 5.69 Å². The number of aromatic nitrogens is 2. The van der Waals surface area contributed by atoms with Crippen LogP contribution < -0.4 is 5.69 Å². The molecule has 14 heavy (non-hydrogen) atoms. The van der Waals surface area contributed by atoms with Crippen LogP contribution in [0.15, 0.2) is 16.9 Å². The number of hydrogen-bond acceptors (Lipinski definition) is 1. The molecule has 3 nitrogen and oxygen atoms in total. The highest BCUT2D eigenvalue weighted by Crippen LogP contribution is 2.19. The number of imidazole rings is 1. The Balaban J connectivity index is 3.16. The second-order valence-corrected chi connectivity index (χ2v) is 3.80. The molecule has 0 atom stereocenters. The van der Waals surface area contributed by atoms with Gasteiger partial charge in [-0.25, -0.2) is 4.79 Å². The van der Waals surface area contributed by atoms with Crippen molar-refractivity contribution in [3.05, 3.63) is 33.7 Å². The third kappa shape index (κ3) is 0.953. The number of benzene rings is 1. The quantitative estimate of drug-likeness (QED) is 0.618. The van der Waals surface area contributed by atoms with Crippen LogP contribution in [0.5, 0.6) is 0 Å². The van der Waals surface area contributed by atoms with Gasteiger partial charge in [0.1, 0.15) is 0 Å². The van der Waals surface area contributed by atoms with Crippen molar-refractivity contribution in [2.75, 3.05) is 0 Å². The molecular formula is C11H14N2O. The molecule has 0 spiro atoms. The third-order valence-electron chi connectivity index (χ3n) is 2.80. The van der Waals surface area contributed by atoms with Crippen molar-refractivity contribution >= 4 is 11.0 Å². The summed E-state index contributed by atoms with van der Waals surface area (Å²) in [6, 6.07) is 4.11. The molecule has 0 bridgehead atoms. The lowest BCUT2D eigenvalue weighted by atomic mass is 10.1. The fourth-order valence-corrected chi connectivity index (χ4v) is 2.04. The number of nitrogens with zero attached hydrogens (tertiary/aromatic N) is 2. The molecule has 3 heteroatoms. The highest BCUT2D eigenvalue weighted by atomic mass is 16.1. The van der Waals surface area contributed by atoms with Crippen molar-refractivity contribution in [1.29, 1.82) is 0 Å². The second kappa shape index (κ2) is 2.74. The van der Waals surface area contributed by atoms with Gasteiger partial charge in [0, 0.05) is 14.1 Å². The van der Waals surface area contributed by atoms with Crippen LogP contribution in [0.1, 0.15) is 11.1 Å².